The van der Waals surface area contributed by atoms with E-state index in [1.165, 1.54) is 50.9 Å². The standard InChI is InChI=1S/C14H28N4S.HI/c1-15-14(17-12-13-6-5-11-19-13)16-7-10-18-8-3-2-4-9-18;/h13H,2-12H2,1H3,(H2,15,16,17);1H. The molecule has 6 heteroatoms. The van der Waals surface area contributed by atoms with Gasteiger partial charge in [-0.05, 0) is 44.5 Å². The third-order valence-corrected chi connectivity index (χ3v) is 5.31. The lowest BCUT2D eigenvalue weighted by molar-refractivity contribution is 0.232. The Bertz CT molecular complexity index is 276. The zero-order valence-corrected chi connectivity index (χ0v) is 15.7. The lowest BCUT2D eigenvalue weighted by Crippen LogP contribution is -2.44. The molecule has 2 heterocycles. The van der Waals surface area contributed by atoms with E-state index in [-0.39, 0.29) is 24.0 Å². The molecular formula is C14H29IN4S. The zero-order valence-electron chi connectivity index (χ0n) is 12.6. The van der Waals surface area contributed by atoms with E-state index in [0.29, 0.717) is 0 Å². The summed E-state index contributed by atoms with van der Waals surface area (Å²) >= 11 is 2.09. The van der Waals surface area contributed by atoms with E-state index in [4.69, 9.17) is 0 Å². The average molecular weight is 412 g/mol. The Morgan fingerprint density at radius 3 is 2.65 bits per heavy atom. The van der Waals surface area contributed by atoms with Gasteiger partial charge in [0.2, 0.25) is 0 Å². The zero-order chi connectivity index (χ0) is 13.3. The topological polar surface area (TPSA) is 39.7 Å². The Morgan fingerprint density at radius 1 is 1.20 bits per heavy atom. The third-order valence-electron chi connectivity index (χ3n) is 3.91. The van der Waals surface area contributed by atoms with Crippen LogP contribution in [0.5, 0.6) is 0 Å². The van der Waals surface area contributed by atoms with Gasteiger partial charge in [-0.15, -0.1) is 24.0 Å². The normalized spacial score (nSPS) is 24.2. The molecule has 0 aliphatic carbocycles. The number of halogens is 1. The quantitative estimate of drug-likeness (QED) is 0.413. The van der Waals surface area contributed by atoms with Crippen LogP contribution in [0, 0.1) is 0 Å². The van der Waals surface area contributed by atoms with Crippen molar-refractivity contribution in [3.8, 4) is 0 Å². The molecule has 0 amide bonds. The molecule has 0 spiro atoms. The summed E-state index contributed by atoms with van der Waals surface area (Å²) in [4.78, 5) is 6.85. The van der Waals surface area contributed by atoms with Gasteiger partial charge < -0.3 is 15.5 Å². The summed E-state index contributed by atoms with van der Waals surface area (Å²) in [7, 11) is 1.86. The van der Waals surface area contributed by atoms with E-state index in [1.807, 2.05) is 7.05 Å². The molecule has 20 heavy (non-hydrogen) atoms. The summed E-state index contributed by atoms with van der Waals surface area (Å²) < 4.78 is 0. The van der Waals surface area contributed by atoms with Gasteiger partial charge in [-0.2, -0.15) is 11.8 Å². The van der Waals surface area contributed by atoms with E-state index < -0.39 is 0 Å². The molecule has 1 atom stereocenters. The van der Waals surface area contributed by atoms with Gasteiger partial charge in [-0.25, -0.2) is 0 Å². The number of likely N-dealkylation sites (tertiary alicyclic amines) is 1. The molecule has 2 N–H and O–H groups in total. The predicted octanol–water partition coefficient (Wildman–Crippen LogP) is 2.15. The second-order valence-corrected chi connectivity index (χ2v) is 6.83. The number of nitrogens with one attached hydrogen (secondary N) is 2. The molecule has 0 aromatic rings. The van der Waals surface area contributed by atoms with Gasteiger partial charge in [0.1, 0.15) is 0 Å². The van der Waals surface area contributed by atoms with Gasteiger partial charge in [-0.1, -0.05) is 6.42 Å². The first-order valence-electron chi connectivity index (χ1n) is 7.67. The number of hydrogen-bond acceptors (Lipinski definition) is 3. The van der Waals surface area contributed by atoms with Crippen LogP contribution in [0.2, 0.25) is 0 Å². The molecule has 1 unspecified atom stereocenters. The highest BCUT2D eigenvalue weighted by molar-refractivity contribution is 14.0. The highest BCUT2D eigenvalue weighted by Gasteiger charge is 2.15. The van der Waals surface area contributed by atoms with Gasteiger partial charge in [0.25, 0.3) is 0 Å². The minimum absolute atomic E-state index is 0. The SMILES string of the molecule is CN=C(NCCN1CCCCC1)NCC1CCCS1.I. The molecule has 0 radical (unpaired) electrons. The summed E-state index contributed by atoms with van der Waals surface area (Å²) in [5, 5.41) is 7.66. The first-order chi connectivity index (χ1) is 9.38. The summed E-state index contributed by atoms with van der Waals surface area (Å²) in [6.45, 7) is 5.73. The Morgan fingerprint density at radius 2 is 2.00 bits per heavy atom. The molecule has 0 bridgehead atoms. The first-order valence-corrected chi connectivity index (χ1v) is 8.72. The van der Waals surface area contributed by atoms with Crippen LogP contribution in [0.25, 0.3) is 0 Å². The summed E-state index contributed by atoms with van der Waals surface area (Å²) in [6, 6.07) is 0. The van der Waals surface area contributed by atoms with Gasteiger partial charge in [0.15, 0.2) is 5.96 Å². The van der Waals surface area contributed by atoms with E-state index >= 15 is 0 Å². The molecular weight excluding hydrogens is 383 g/mol. The fourth-order valence-corrected chi connectivity index (χ4v) is 3.95. The fourth-order valence-electron chi connectivity index (χ4n) is 2.75. The van der Waals surface area contributed by atoms with Gasteiger partial charge >= 0.3 is 0 Å². The van der Waals surface area contributed by atoms with Crippen LogP contribution in [0.15, 0.2) is 4.99 Å². The number of nitrogens with zero attached hydrogens (tertiary/aromatic N) is 2. The van der Waals surface area contributed by atoms with Gasteiger partial charge in [-0.3, -0.25) is 4.99 Å². The monoisotopic (exact) mass is 412 g/mol. The highest BCUT2D eigenvalue weighted by Crippen LogP contribution is 2.25. The molecule has 0 aromatic carbocycles. The van der Waals surface area contributed by atoms with Crippen molar-refractivity contribution in [2.75, 3.05) is 45.5 Å². The van der Waals surface area contributed by atoms with Crippen molar-refractivity contribution in [3.05, 3.63) is 0 Å². The molecule has 2 fully saturated rings. The molecule has 2 aliphatic heterocycles. The number of thioether (sulfide) groups is 1. The van der Waals surface area contributed by atoms with Crippen LogP contribution in [-0.4, -0.2) is 61.6 Å². The fraction of sp³-hybridized carbons (Fsp3) is 0.929. The number of hydrogen-bond donors (Lipinski definition) is 2. The van der Waals surface area contributed by atoms with E-state index in [9.17, 15) is 0 Å². The van der Waals surface area contributed by atoms with Crippen molar-refractivity contribution in [2.24, 2.45) is 4.99 Å². The molecule has 0 saturated carbocycles. The molecule has 2 aliphatic rings. The third kappa shape index (κ3) is 6.85. The molecule has 2 rings (SSSR count). The number of rotatable bonds is 5. The highest BCUT2D eigenvalue weighted by atomic mass is 127. The van der Waals surface area contributed by atoms with E-state index in [1.54, 1.807) is 0 Å². The first kappa shape index (κ1) is 18.4. The van der Waals surface area contributed by atoms with Gasteiger partial charge in [0.05, 0.1) is 0 Å². The maximum Gasteiger partial charge on any atom is 0.191 e. The van der Waals surface area contributed by atoms with Crippen LogP contribution >= 0.6 is 35.7 Å². The Balaban J connectivity index is 0.00000200. The average Bonchev–Trinajstić information content (AvgIpc) is 2.97. The molecule has 118 valence electrons. The number of piperidine rings is 1. The van der Waals surface area contributed by atoms with Crippen LogP contribution < -0.4 is 10.6 Å². The van der Waals surface area contributed by atoms with E-state index in [0.717, 1.165) is 30.8 Å². The molecule has 4 nitrogen and oxygen atoms in total. The largest absolute Gasteiger partial charge is 0.355 e. The van der Waals surface area contributed by atoms with Crippen LogP contribution in [0.3, 0.4) is 0 Å². The Kier molecular flexibility index (Phi) is 10.1. The summed E-state index contributed by atoms with van der Waals surface area (Å²) in [5.74, 6) is 2.29. The number of aliphatic imine (C=N–C) groups is 1. The van der Waals surface area contributed by atoms with Crippen LogP contribution in [0.4, 0.5) is 0 Å². The van der Waals surface area contributed by atoms with E-state index in [2.05, 4.69) is 32.3 Å². The van der Waals surface area contributed by atoms with Crippen molar-refractivity contribution in [1.29, 1.82) is 0 Å². The number of guanidine groups is 1. The molecule has 0 aromatic heterocycles. The van der Waals surface area contributed by atoms with Crippen LogP contribution in [-0.2, 0) is 0 Å². The van der Waals surface area contributed by atoms with Gasteiger partial charge in [0, 0.05) is 31.9 Å². The summed E-state index contributed by atoms with van der Waals surface area (Å²) in [5.41, 5.74) is 0. The van der Waals surface area contributed by atoms with Crippen molar-refractivity contribution >= 4 is 41.7 Å². The van der Waals surface area contributed by atoms with Crippen molar-refractivity contribution < 1.29 is 0 Å². The second-order valence-electron chi connectivity index (χ2n) is 5.42. The smallest absolute Gasteiger partial charge is 0.191 e. The van der Waals surface area contributed by atoms with Crippen molar-refractivity contribution in [3.63, 3.8) is 0 Å². The molecule has 2 saturated heterocycles. The predicted molar refractivity (Wildman–Crippen MR) is 101 cm³/mol. The lowest BCUT2D eigenvalue weighted by Gasteiger charge is -2.26. The Hall–Kier alpha value is 0.310. The summed E-state index contributed by atoms with van der Waals surface area (Å²) in [6.07, 6.45) is 6.87. The lowest BCUT2D eigenvalue weighted by atomic mass is 10.1. The maximum atomic E-state index is 4.30. The Labute approximate surface area is 144 Å². The second kappa shape index (κ2) is 11.0. The van der Waals surface area contributed by atoms with Crippen molar-refractivity contribution in [1.82, 2.24) is 15.5 Å². The maximum absolute atomic E-state index is 4.30. The minimum atomic E-state index is 0. The van der Waals surface area contributed by atoms with Crippen LogP contribution in [0.1, 0.15) is 32.1 Å². The minimum Gasteiger partial charge on any atom is -0.355 e. The van der Waals surface area contributed by atoms with Crippen molar-refractivity contribution in [2.45, 2.75) is 37.4 Å².